The second-order valence-corrected chi connectivity index (χ2v) is 5.62. The van der Waals surface area contributed by atoms with E-state index in [1.165, 1.54) is 0 Å². The number of anilines is 2. The zero-order valence-corrected chi connectivity index (χ0v) is 10.9. The summed E-state index contributed by atoms with van der Waals surface area (Å²) in [5.41, 5.74) is 6.57. The van der Waals surface area contributed by atoms with E-state index in [1.54, 1.807) is 13.2 Å². The minimum absolute atomic E-state index is 0.0795. The molecule has 3 N–H and O–H groups in total. The number of nitrogens with two attached hydrogens (primary N) is 1. The van der Waals surface area contributed by atoms with Gasteiger partial charge < -0.3 is 11.1 Å². The normalized spacial score (nSPS) is 14.5. The molecule has 0 saturated carbocycles. The zero-order valence-electron chi connectivity index (χ0n) is 10.1. The second kappa shape index (κ2) is 5.25. The van der Waals surface area contributed by atoms with Gasteiger partial charge in [-0.15, -0.1) is 0 Å². The first-order chi connectivity index (χ1) is 7.41. The van der Waals surface area contributed by atoms with Crippen molar-refractivity contribution in [2.75, 3.05) is 23.9 Å². The van der Waals surface area contributed by atoms with Crippen molar-refractivity contribution in [3.05, 3.63) is 11.4 Å². The first-order valence-corrected chi connectivity index (χ1v) is 6.70. The molecular formula is C10H18N4OS. The summed E-state index contributed by atoms with van der Waals surface area (Å²) >= 11 is 0. The third-order valence-corrected chi connectivity index (χ3v) is 3.72. The minimum Gasteiger partial charge on any atom is -0.383 e. The van der Waals surface area contributed by atoms with Crippen LogP contribution in [0.4, 0.5) is 11.6 Å². The van der Waals surface area contributed by atoms with Gasteiger partial charge in [-0.3, -0.25) is 4.21 Å². The molecule has 0 aliphatic rings. The van der Waals surface area contributed by atoms with E-state index < -0.39 is 10.8 Å². The molecule has 0 aromatic carbocycles. The van der Waals surface area contributed by atoms with Crippen molar-refractivity contribution >= 4 is 22.4 Å². The molecule has 1 rings (SSSR count). The highest BCUT2D eigenvalue weighted by atomic mass is 32.2. The van der Waals surface area contributed by atoms with Gasteiger partial charge in [0.1, 0.15) is 17.5 Å². The Morgan fingerprint density at radius 3 is 2.62 bits per heavy atom. The molecule has 0 fully saturated rings. The van der Waals surface area contributed by atoms with Crippen LogP contribution in [0.15, 0.2) is 0 Å². The maximum atomic E-state index is 11.2. The maximum Gasteiger partial charge on any atom is 0.134 e. The number of nitrogens with one attached hydrogen (secondary N) is 1. The van der Waals surface area contributed by atoms with Crippen molar-refractivity contribution in [3.63, 3.8) is 0 Å². The average Bonchev–Trinajstić information content (AvgIpc) is 2.20. The fourth-order valence-electron chi connectivity index (χ4n) is 1.18. The van der Waals surface area contributed by atoms with E-state index in [-0.39, 0.29) is 5.25 Å². The van der Waals surface area contributed by atoms with Gasteiger partial charge in [0.15, 0.2) is 0 Å². The summed E-state index contributed by atoms with van der Waals surface area (Å²) in [7, 11) is -0.838. The first-order valence-electron chi connectivity index (χ1n) is 5.08. The van der Waals surface area contributed by atoms with Gasteiger partial charge in [-0.05, 0) is 20.8 Å². The van der Waals surface area contributed by atoms with Crippen molar-refractivity contribution in [3.8, 4) is 0 Å². The van der Waals surface area contributed by atoms with Crippen LogP contribution in [0.1, 0.15) is 18.3 Å². The lowest BCUT2D eigenvalue weighted by molar-refractivity contribution is 0.678. The Morgan fingerprint density at radius 2 is 2.06 bits per heavy atom. The van der Waals surface area contributed by atoms with E-state index >= 15 is 0 Å². The van der Waals surface area contributed by atoms with Crippen LogP contribution in [0.3, 0.4) is 0 Å². The predicted molar refractivity (Wildman–Crippen MR) is 67.9 cm³/mol. The first kappa shape index (κ1) is 12.9. The van der Waals surface area contributed by atoms with Gasteiger partial charge in [0, 0.05) is 34.4 Å². The van der Waals surface area contributed by atoms with Crippen molar-refractivity contribution in [1.82, 2.24) is 9.97 Å². The quantitative estimate of drug-likeness (QED) is 0.818. The Bertz CT molecular complexity index is 408. The standard InChI is InChI=1S/C10H18N4OS/c1-6(16(4)15)5-12-10-7(2)9(11)13-8(3)14-10/h6H,5H2,1-4H3,(H3,11,12,13,14). The van der Waals surface area contributed by atoms with Crippen LogP contribution in [0, 0.1) is 13.8 Å². The summed E-state index contributed by atoms with van der Waals surface area (Å²) in [5, 5.41) is 3.23. The van der Waals surface area contributed by atoms with Crippen molar-refractivity contribution in [1.29, 1.82) is 0 Å². The second-order valence-electron chi connectivity index (χ2n) is 3.82. The van der Waals surface area contributed by atoms with Crippen LogP contribution in [0.25, 0.3) is 0 Å². The van der Waals surface area contributed by atoms with Crippen LogP contribution in [0.2, 0.25) is 0 Å². The van der Waals surface area contributed by atoms with Gasteiger partial charge >= 0.3 is 0 Å². The van der Waals surface area contributed by atoms with Crippen molar-refractivity contribution in [2.24, 2.45) is 0 Å². The van der Waals surface area contributed by atoms with Gasteiger partial charge in [-0.2, -0.15) is 0 Å². The molecule has 6 heteroatoms. The highest BCUT2D eigenvalue weighted by Crippen LogP contribution is 2.16. The molecule has 2 atom stereocenters. The van der Waals surface area contributed by atoms with Crippen LogP contribution in [-0.2, 0) is 10.8 Å². The molecular weight excluding hydrogens is 224 g/mol. The number of aromatic nitrogens is 2. The summed E-state index contributed by atoms with van der Waals surface area (Å²) in [4.78, 5) is 8.33. The number of rotatable bonds is 4. The van der Waals surface area contributed by atoms with E-state index in [1.807, 2.05) is 13.8 Å². The van der Waals surface area contributed by atoms with Crippen LogP contribution >= 0.6 is 0 Å². The molecule has 1 heterocycles. The van der Waals surface area contributed by atoms with E-state index in [0.29, 0.717) is 18.2 Å². The van der Waals surface area contributed by atoms with Gasteiger partial charge in [-0.25, -0.2) is 9.97 Å². The number of nitrogens with zero attached hydrogens (tertiary/aromatic N) is 2. The largest absolute Gasteiger partial charge is 0.383 e. The van der Waals surface area contributed by atoms with Crippen LogP contribution < -0.4 is 11.1 Å². The molecule has 0 amide bonds. The van der Waals surface area contributed by atoms with E-state index in [9.17, 15) is 4.21 Å². The predicted octanol–water partition coefficient (Wildman–Crippen LogP) is 0.855. The highest BCUT2D eigenvalue weighted by molar-refractivity contribution is 7.84. The molecule has 5 nitrogen and oxygen atoms in total. The SMILES string of the molecule is Cc1nc(N)c(C)c(NCC(C)S(C)=O)n1. The van der Waals surface area contributed by atoms with Crippen LogP contribution in [-0.4, -0.2) is 32.2 Å². The van der Waals surface area contributed by atoms with Gasteiger partial charge in [0.05, 0.1) is 0 Å². The van der Waals surface area contributed by atoms with Gasteiger partial charge in [0.2, 0.25) is 0 Å². The molecule has 2 unspecified atom stereocenters. The minimum atomic E-state index is -0.838. The number of hydrogen-bond acceptors (Lipinski definition) is 5. The van der Waals surface area contributed by atoms with E-state index in [4.69, 9.17) is 5.73 Å². The van der Waals surface area contributed by atoms with Crippen LogP contribution in [0.5, 0.6) is 0 Å². The monoisotopic (exact) mass is 242 g/mol. The molecule has 1 aromatic heterocycles. The Hall–Kier alpha value is -1.17. The van der Waals surface area contributed by atoms with E-state index in [2.05, 4.69) is 15.3 Å². The summed E-state index contributed by atoms with van der Waals surface area (Å²) in [5.74, 6) is 1.85. The molecule has 0 aliphatic heterocycles. The van der Waals surface area contributed by atoms with Gasteiger partial charge in [-0.1, -0.05) is 0 Å². The fraction of sp³-hybridized carbons (Fsp3) is 0.600. The molecule has 0 spiro atoms. The number of aryl methyl sites for hydroxylation is 1. The lowest BCUT2D eigenvalue weighted by Gasteiger charge is -2.13. The molecule has 0 bridgehead atoms. The topological polar surface area (TPSA) is 80.9 Å². The Labute approximate surface area is 98.3 Å². The van der Waals surface area contributed by atoms with Crippen molar-refractivity contribution in [2.45, 2.75) is 26.0 Å². The molecule has 0 saturated heterocycles. The lowest BCUT2D eigenvalue weighted by Crippen LogP contribution is -2.22. The molecule has 90 valence electrons. The maximum absolute atomic E-state index is 11.2. The Kier molecular flexibility index (Phi) is 4.23. The van der Waals surface area contributed by atoms with Crippen molar-refractivity contribution < 1.29 is 4.21 Å². The van der Waals surface area contributed by atoms with E-state index in [0.717, 1.165) is 11.4 Å². The van der Waals surface area contributed by atoms with Gasteiger partial charge in [0.25, 0.3) is 0 Å². The highest BCUT2D eigenvalue weighted by Gasteiger charge is 2.09. The molecule has 1 aromatic rings. The number of hydrogen-bond donors (Lipinski definition) is 2. The third-order valence-electron chi connectivity index (χ3n) is 2.42. The molecule has 0 aliphatic carbocycles. The average molecular weight is 242 g/mol. The third kappa shape index (κ3) is 3.16. The summed E-state index contributed by atoms with van der Waals surface area (Å²) in [6.45, 7) is 6.20. The zero-order chi connectivity index (χ0) is 12.3. The molecule has 0 radical (unpaired) electrons. The number of nitrogen functional groups attached to an aromatic ring is 1. The lowest BCUT2D eigenvalue weighted by atomic mass is 10.3. The Morgan fingerprint density at radius 1 is 1.44 bits per heavy atom. The Balaban J connectivity index is 2.78. The summed E-state index contributed by atoms with van der Waals surface area (Å²) in [6.07, 6.45) is 1.69. The summed E-state index contributed by atoms with van der Waals surface area (Å²) < 4.78 is 11.2. The smallest absolute Gasteiger partial charge is 0.134 e. The molecule has 16 heavy (non-hydrogen) atoms. The fourth-order valence-corrected chi connectivity index (χ4v) is 1.50. The summed E-state index contributed by atoms with van der Waals surface area (Å²) in [6, 6.07) is 0.